The van der Waals surface area contributed by atoms with Crippen molar-refractivity contribution < 1.29 is 17.6 Å². The number of aromatic nitrogens is 4. The molecule has 0 saturated carbocycles. The molecule has 1 aliphatic rings. The zero-order valence-electron chi connectivity index (χ0n) is 16.6. The number of amides is 1. The molecule has 1 N–H and O–H groups in total. The summed E-state index contributed by atoms with van der Waals surface area (Å²) in [5.41, 5.74) is 1.02. The van der Waals surface area contributed by atoms with Crippen molar-refractivity contribution in [2.75, 3.05) is 13.1 Å². The van der Waals surface area contributed by atoms with Gasteiger partial charge in [0.25, 0.3) is 0 Å². The molecule has 1 atom stereocenters. The maximum Gasteiger partial charge on any atom is 0.243 e. The Morgan fingerprint density at radius 2 is 1.94 bits per heavy atom. The molecule has 2 heterocycles. The first kappa shape index (κ1) is 21.1. The van der Waals surface area contributed by atoms with Crippen LogP contribution in [-0.2, 0) is 21.4 Å². The average Bonchev–Trinajstić information content (AvgIpc) is 3.33. The number of piperidine rings is 1. The molecule has 31 heavy (non-hydrogen) atoms. The highest BCUT2D eigenvalue weighted by atomic mass is 32.2. The van der Waals surface area contributed by atoms with E-state index in [1.54, 1.807) is 30.3 Å². The van der Waals surface area contributed by atoms with Crippen LogP contribution in [0.4, 0.5) is 4.39 Å². The summed E-state index contributed by atoms with van der Waals surface area (Å²) in [6.07, 6.45) is 2.56. The first-order chi connectivity index (χ1) is 14.9. The van der Waals surface area contributed by atoms with E-state index in [1.165, 1.54) is 33.5 Å². The van der Waals surface area contributed by atoms with Gasteiger partial charge in [-0.25, -0.2) is 17.5 Å². The van der Waals surface area contributed by atoms with Gasteiger partial charge in [0, 0.05) is 25.2 Å². The van der Waals surface area contributed by atoms with E-state index in [1.807, 2.05) is 0 Å². The van der Waals surface area contributed by atoms with Gasteiger partial charge in [0.1, 0.15) is 12.1 Å². The van der Waals surface area contributed by atoms with Crippen molar-refractivity contribution in [3.63, 3.8) is 0 Å². The molecule has 0 aliphatic carbocycles. The van der Waals surface area contributed by atoms with Crippen LogP contribution < -0.4 is 5.32 Å². The van der Waals surface area contributed by atoms with Crippen molar-refractivity contribution in [1.82, 2.24) is 29.8 Å². The maximum atomic E-state index is 13.8. The monoisotopic (exact) mass is 444 g/mol. The van der Waals surface area contributed by atoms with Crippen LogP contribution in [0.15, 0.2) is 59.8 Å². The van der Waals surface area contributed by atoms with E-state index >= 15 is 0 Å². The summed E-state index contributed by atoms with van der Waals surface area (Å²) in [4.78, 5) is 12.7. The fraction of sp³-hybridized carbons (Fsp3) is 0.300. The molecule has 1 amide bonds. The number of hydrogen-bond donors (Lipinski definition) is 1. The van der Waals surface area contributed by atoms with E-state index in [9.17, 15) is 17.6 Å². The van der Waals surface area contributed by atoms with Crippen LogP contribution in [0, 0.1) is 11.7 Å². The molecule has 1 aliphatic heterocycles. The molecule has 0 radical (unpaired) electrons. The Hall–Kier alpha value is -3.18. The Balaban J connectivity index is 1.42. The third kappa shape index (κ3) is 4.62. The van der Waals surface area contributed by atoms with Crippen molar-refractivity contribution in [3.8, 4) is 5.69 Å². The van der Waals surface area contributed by atoms with Gasteiger partial charge in [0.2, 0.25) is 15.9 Å². The van der Waals surface area contributed by atoms with Gasteiger partial charge >= 0.3 is 0 Å². The third-order valence-corrected chi connectivity index (χ3v) is 7.13. The Morgan fingerprint density at radius 3 is 2.65 bits per heavy atom. The first-order valence-corrected chi connectivity index (χ1v) is 11.2. The minimum absolute atomic E-state index is 0.0629. The second-order valence-corrected chi connectivity index (χ2v) is 9.20. The third-order valence-electron chi connectivity index (χ3n) is 5.25. The van der Waals surface area contributed by atoms with Crippen molar-refractivity contribution in [3.05, 3.63) is 66.2 Å². The normalized spacial score (nSPS) is 17.4. The number of benzene rings is 2. The molecule has 3 aromatic rings. The predicted octanol–water partition coefficient (Wildman–Crippen LogP) is 1.52. The number of carbonyl (C=O) groups excluding carboxylic acids is 1. The van der Waals surface area contributed by atoms with Crippen LogP contribution in [0.5, 0.6) is 0 Å². The summed E-state index contributed by atoms with van der Waals surface area (Å²) in [6, 6.07) is 12.4. The van der Waals surface area contributed by atoms with E-state index in [0.717, 1.165) is 0 Å². The van der Waals surface area contributed by atoms with Crippen molar-refractivity contribution in [1.29, 1.82) is 0 Å². The second kappa shape index (κ2) is 8.90. The fourth-order valence-corrected chi connectivity index (χ4v) is 5.07. The topological polar surface area (TPSA) is 110 Å². The van der Waals surface area contributed by atoms with Crippen LogP contribution in [0.25, 0.3) is 5.69 Å². The largest absolute Gasteiger partial charge is 0.352 e. The van der Waals surface area contributed by atoms with Gasteiger partial charge in [-0.15, -0.1) is 5.10 Å². The Kier molecular flexibility index (Phi) is 6.05. The highest BCUT2D eigenvalue weighted by Crippen LogP contribution is 2.24. The maximum absolute atomic E-state index is 13.8. The number of tetrazole rings is 1. The van der Waals surface area contributed by atoms with Gasteiger partial charge < -0.3 is 5.32 Å². The first-order valence-electron chi connectivity index (χ1n) is 9.80. The number of nitrogens with one attached hydrogen (secondary N) is 1. The summed E-state index contributed by atoms with van der Waals surface area (Å²) in [5.74, 6) is -1.16. The van der Waals surface area contributed by atoms with Crippen LogP contribution in [0.1, 0.15) is 18.4 Å². The molecular formula is C20H21FN6O3S. The second-order valence-electron chi connectivity index (χ2n) is 7.26. The lowest BCUT2D eigenvalue weighted by Gasteiger charge is -2.31. The zero-order valence-corrected chi connectivity index (χ0v) is 17.4. The van der Waals surface area contributed by atoms with Gasteiger partial charge in [-0.2, -0.15) is 4.31 Å². The minimum atomic E-state index is -3.76. The Bertz CT molecular complexity index is 1150. The molecule has 1 aromatic heterocycles. The van der Waals surface area contributed by atoms with Crippen molar-refractivity contribution >= 4 is 15.9 Å². The lowest BCUT2D eigenvalue weighted by atomic mass is 9.98. The highest BCUT2D eigenvalue weighted by molar-refractivity contribution is 7.89. The smallest absolute Gasteiger partial charge is 0.243 e. The van der Waals surface area contributed by atoms with Gasteiger partial charge in [-0.05, 0) is 53.6 Å². The number of nitrogens with zero attached hydrogens (tertiary/aromatic N) is 5. The molecular weight excluding hydrogens is 423 g/mol. The van der Waals surface area contributed by atoms with Crippen LogP contribution in [-0.4, -0.2) is 51.9 Å². The lowest BCUT2D eigenvalue weighted by Crippen LogP contribution is -2.45. The van der Waals surface area contributed by atoms with E-state index in [0.29, 0.717) is 30.6 Å². The highest BCUT2D eigenvalue weighted by Gasteiger charge is 2.33. The number of rotatable bonds is 6. The molecule has 1 saturated heterocycles. The van der Waals surface area contributed by atoms with Gasteiger partial charge in [0.15, 0.2) is 0 Å². The molecule has 0 spiro atoms. The summed E-state index contributed by atoms with van der Waals surface area (Å²) >= 11 is 0. The Labute approximate surface area is 178 Å². The number of halogens is 1. The van der Waals surface area contributed by atoms with Crippen LogP contribution >= 0.6 is 0 Å². The van der Waals surface area contributed by atoms with E-state index < -0.39 is 15.9 Å². The molecule has 2 aromatic carbocycles. The molecule has 1 fully saturated rings. The number of carbonyl (C=O) groups is 1. The standard InChI is InChI=1S/C20H21FN6O3S/c21-19-6-2-1-4-15(19)12-22-20(28)16-5-3-11-26(13-16)31(29,30)18-9-7-17(8-10-18)27-14-23-24-25-27/h1-2,4,6-10,14,16H,3,5,11-13H2,(H,22,28)/t16-/m0/s1. The summed E-state index contributed by atoms with van der Waals surface area (Å²) in [5, 5.41) is 13.6. The van der Waals surface area contributed by atoms with E-state index in [-0.39, 0.29) is 29.7 Å². The molecule has 0 unspecified atom stereocenters. The zero-order chi connectivity index (χ0) is 21.8. The summed E-state index contributed by atoms with van der Waals surface area (Å²) in [6.45, 7) is 0.488. The van der Waals surface area contributed by atoms with Crippen LogP contribution in [0.2, 0.25) is 0 Å². The lowest BCUT2D eigenvalue weighted by molar-refractivity contribution is -0.126. The molecule has 11 heteroatoms. The molecule has 9 nitrogen and oxygen atoms in total. The number of sulfonamides is 1. The van der Waals surface area contributed by atoms with Gasteiger partial charge in [-0.1, -0.05) is 18.2 Å². The van der Waals surface area contributed by atoms with E-state index in [2.05, 4.69) is 20.8 Å². The molecule has 162 valence electrons. The van der Waals surface area contributed by atoms with E-state index in [4.69, 9.17) is 0 Å². The summed E-state index contributed by atoms with van der Waals surface area (Å²) < 4.78 is 42.7. The molecule has 0 bridgehead atoms. The van der Waals surface area contributed by atoms with Crippen LogP contribution in [0.3, 0.4) is 0 Å². The van der Waals surface area contributed by atoms with Gasteiger partial charge in [-0.3, -0.25) is 4.79 Å². The van der Waals surface area contributed by atoms with Crippen molar-refractivity contribution in [2.45, 2.75) is 24.3 Å². The quantitative estimate of drug-likeness (QED) is 0.617. The average molecular weight is 444 g/mol. The SMILES string of the molecule is O=C(NCc1ccccc1F)[C@H]1CCCN(S(=O)(=O)c2ccc(-n3cnnn3)cc2)C1. The summed E-state index contributed by atoms with van der Waals surface area (Å²) in [7, 11) is -3.76. The predicted molar refractivity (Wildman–Crippen MR) is 109 cm³/mol. The van der Waals surface area contributed by atoms with Crippen molar-refractivity contribution in [2.24, 2.45) is 5.92 Å². The molecule has 4 rings (SSSR count). The Morgan fingerprint density at radius 1 is 1.16 bits per heavy atom. The fourth-order valence-electron chi connectivity index (χ4n) is 3.54. The number of hydrogen-bond acceptors (Lipinski definition) is 6. The minimum Gasteiger partial charge on any atom is -0.352 e. The van der Waals surface area contributed by atoms with Gasteiger partial charge in [0.05, 0.1) is 16.5 Å².